The molecule has 1 aromatic heterocycles. The van der Waals surface area contributed by atoms with Gasteiger partial charge in [0.2, 0.25) is 0 Å². The molecule has 0 aliphatic carbocycles. The van der Waals surface area contributed by atoms with Crippen LogP contribution >= 0.6 is 34.5 Å². The highest BCUT2D eigenvalue weighted by Crippen LogP contribution is 2.32. The Bertz CT molecular complexity index is 522. The summed E-state index contributed by atoms with van der Waals surface area (Å²) in [5.74, 6) is 0. The second-order valence-corrected chi connectivity index (χ2v) is 6.21. The second kappa shape index (κ2) is 6.58. The molecule has 0 saturated carbocycles. The van der Waals surface area contributed by atoms with Gasteiger partial charge in [0.05, 0.1) is 4.34 Å². The monoisotopic (exact) mass is 299 g/mol. The van der Waals surface area contributed by atoms with Gasteiger partial charge in [0.15, 0.2) is 0 Å². The van der Waals surface area contributed by atoms with Crippen LogP contribution in [0.15, 0.2) is 30.3 Å². The van der Waals surface area contributed by atoms with Crippen LogP contribution in [0.1, 0.15) is 18.9 Å². The molecule has 96 valence electrons. The van der Waals surface area contributed by atoms with E-state index in [0.29, 0.717) is 0 Å². The molecule has 0 atom stereocenters. The molecule has 0 fully saturated rings. The van der Waals surface area contributed by atoms with Gasteiger partial charge in [-0.25, -0.2) is 0 Å². The van der Waals surface area contributed by atoms with Crippen molar-refractivity contribution in [2.75, 3.05) is 6.54 Å². The van der Waals surface area contributed by atoms with Gasteiger partial charge in [-0.2, -0.15) is 0 Å². The van der Waals surface area contributed by atoms with E-state index in [1.54, 1.807) is 11.3 Å². The lowest BCUT2D eigenvalue weighted by Gasteiger charge is -2.07. The predicted octanol–water partition coefficient (Wildman–Crippen LogP) is 5.22. The molecule has 18 heavy (non-hydrogen) atoms. The molecule has 0 bridgehead atoms. The average Bonchev–Trinajstić information content (AvgIpc) is 2.78. The Morgan fingerprint density at radius 1 is 1.17 bits per heavy atom. The highest BCUT2D eigenvalue weighted by atomic mass is 35.5. The van der Waals surface area contributed by atoms with Gasteiger partial charge < -0.3 is 5.32 Å². The highest BCUT2D eigenvalue weighted by Gasteiger charge is 2.05. The van der Waals surface area contributed by atoms with Crippen LogP contribution in [0.25, 0.3) is 10.4 Å². The number of hydrogen-bond donors (Lipinski definition) is 1. The Kier molecular flexibility index (Phi) is 5.07. The second-order valence-electron chi connectivity index (χ2n) is 4.09. The summed E-state index contributed by atoms with van der Waals surface area (Å²) in [7, 11) is 0. The summed E-state index contributed by atoms with van der Waals surface area (Å²) in [5.41, 5.74) is 2.30. The molecule has 0 saturated heterocycles. The van der Waals surface area contributed by atoms with Crippen molar-refractivity contribution in [3.63, 3.8) is 0 Å². The molecule has 1 nitrogen and oxygen atoms in total. The molecule has 0 aliphatic heterocycles. The maximum atomic E-state index is 6.21. The van der Waals surface area contributed by atoms with E-state index in [2.05, 4.69) is 18.3 Å². The lowest BCUT2D eigenvalue weighted by atomic mass is 10.1. The van der Waals surface area contributed by atoms with Gasteiger partial charge in [0, 0.05) is 16.4 Å². The molecular weight excluding hydrogens is 285 g/mol. The van der Waals surface area contributed by atoms with Crippen LogP contribution in [0.3, 0.4) is 0 Å². The Labute approximate surface area is 122 Å². The summed E-state index contributed by atoms with van der Waals surface area (Å²) in [6.07, 6.45) is 1.12. The van der Waals surface area contributed by atoms with Gasteiger partial charge in [-0.05, 0) is 48.4 Å². The fourth-order valence-corrected chi connectivity index (χ4v) is 2.96. The minimum Gasteiger partial charge on any atom is -0.313 e. The first-order valence-electron chi connectivity index (χ1n) is 5.95. The van der Waals surface area contributed by atoms with Gasteiger partial charge in [0.25, 0.3) is 0 Å². The number of hydrogen-bond acceptors (Lipinski definition) is 2. The molecule has 0 unspecified atom stereocenters. The third kappa shape index (κ3) is 3.48. The number of nitrogens with one attached hydrogen (secondary N) is 1. The standard InChI is InChI=1S/C14H15Cl2NS/c1-2-7-17-9-11-8-10(3-4-12(11)15)13-5-6-14(16)18-13/h3-6,8,17H,2,7,9H2,1H3. The van der Waals surface area contributed by atoms with Crippen molar-refractivity contribution >= 4 is 34.5 Å². The van der Waals surface area contributed by atoms with Crippen molar-refractivity contribution in [2.45, 2.75) is 19.9 Å². The number of benzene rings is 1. The van der Waals surface area contributed by atoms with Crippen LogP contribution in [0, 0.1) is 0 Å². The molecule has 1 N–H and O–H groups in total. The smallest absolute Gasteiger partial charge is 0.0934 e. The summed E-state index contributed by atoms with van der Waals surface area (Å²) in [6, 6.07) is 10.1. The molecule has 2 rings (SSSR count). The highest BCUT2D eigenvalue weighted by molar-refractivity contribution is 7.19. The van der Waals surface area contributed by atoms with Crippen LogP contribution in [0.5, 0.6) is 0 Å². The Hall–Kier alpha value is -0.540. The van der Waals surface area contributed by atoms with Crippen molar-refractivity contribution in [3.05, 3.63) is 45.3 Å². The van der Waals surface area contributed by atoms with Crippen LogP contribution in [0.4, 0.5) is 0 Å². The topological polar surface area (TPSA) is 12.0 Å². The SMILES string of the molecule is CCCNCc1cc(-c2ccc(Cl)s2)ccc1Cl. The summed E-state index contributed by atoms with van der Waals surface area (Å²) >= 11 is 13.8. The third-order valence-electron chi connectivity index (χ3n) is 2.65. The van der Waals surface area contributed by atoms with E-state index in [-0.39, 0.29) is 0 Å². The molecule has 4 heteroatoms. The summed E-state index contributed by atoms with van der Waals surface area (Å²) in [5, 5.41) is 4.18. The van der Waals surface area contributed by atoms with Crippen molar-refractivity contribution in [1.29, 1.82) is 0 Å². The van der Waals surface area contributed by atoms with Crippen molar-refractivity contribution in [2.24, 2.45) is 0 Å². The molecular formula is C14H15Cl2NS. The molecule has 0 amide bonds. The summed E-state index contributed by atoms with van der Waals surface area (Å²) in [6.45, 7) is 3.96. The molecule has 2 aromatic rings. The van der Waals surface area contributed by atoms with E-state index >= 15 is 0 Å². The van der Waals surface area contributed by atoms with Gasteiger partial charge in [-0.3, -0.25) is 0 Å². The zero-order chi connectivity index (χ0) is 13.0. The van der Waals surface area contributed by atoms with E-state index in [4.69, 9.17) is 23.2 Å². The number of thiophene rings is 1. The summed E-state index contributed by atoms with van der Waals surface area (Å²) < 4.78 is 0.811. The average molecular weight is 300 g/mol. The largest absolute Gasteiger partial charge is 0.313 e. The van der Waals surface area contributed by atoms with Gasteiger partial charge in [0.1, 0.15) is 0 Å². The van der Waals surface area contributed by atoms with Gasteiger partial charge >= 0.3 is 0 Å². The fraction of sp³-hybridized carbons (Fsp3) is 0.286. The van der Waals surface area contributed by atoms with E-state index in [1.807, 2.05) is 24.3 Å². The minimum absolute atomic E-state index is 0.805. The van der Waals surface area contributed by atoms with E-state index in [0.717, 1.165) is 34.4 Å². The Balaban J connectivity index is 2.20. The first kappa shape index (κ1) is 13.9. The van der Waals surface area contributed by atoms with Crippen LogP contribution in [-0.2, 0) is 6.54 Å². The molecule has 0 radical (unpaired) electrons. The lowest BCUT2D eigenvalue weighted by Crippen LogP contribution is -2.14. The Morgan fingerprint density at radius 2 is 2.00 bits per heavy atom. The first-order chi connectivity index (χ1) is 8.70. The molecule has 0 spiro atoms. The van der Waals surface area contributed by atoms with Crippen LogP contribution in [0.2, 0.25) is 9.36 Å². The van der Waals surface area contributed by atoms with E-state index < -0.39 is 0 Å². The minimum atomic E-state index is 0.805. The van der Waals surface area contributed by atoms with E-state index in [9.17, 15) is 0 Å². The maximum absolute atomic E-state index is 6.21. The summed E-state index contributed by atoms with van der Waals surface area (Å²) in [4.78, 5) is 1.17. The van der Waals surface area contributed by atoms with E-state index in [1.165, 1.54) is 10.4 Å². The first-order valence-corrected chi connectivity index (χ1v) is 7.53. The fourth-order valence-electron chi connectivity index (χ4n) is 1.73. The molecule has 0 aliphatic rings. The lowest BCUT2D eigenvalue weighted by molar-refractivity contribution is 0.676. The predicted molar refractivity (Wildman–Crippen MR) is 81.8 cm³/mol. The van der Waals surface area contributed by atoms with Gasteiger partial charge in [-0.15, -0.1) is 11.3 Å². The zero-order valence-electron chi connectivity index (χ0n) is 10.2. The normalized spacial score (nSPS) is 10.8. The van der Waals surface area contributed by atoms with Crippen molar-refractivity contribution in [1.82, 2.24) is 5.32 Å². The number of halogens is 2. The molecule has 1 aromatic carbocycles. The maximum Gasteiger partial charge on any atom is 0.0934 e. The number of rotatable bonds is 5. The quantitative estimate of drug-likeness (QED) is 0.746. The van der Waals surface area contributed by atoms with Gasteiger partial charge in [-0.1, -0.05) is 36.2 Å². The zero-order valence-corrected chi connectivity index (χ0v) is 12.5. The molecule has 1 heterocycles. The van der Waals surface area contributed by atoms with Crippen LogP contribution < -0.4 is 5.32 Å². The van der Waals surface area contributed by atoms with Crippen LogP contribution in [-0.4, -0.2) is 6.54 Å². The van der Waals surface area contributed by atoms with Crippen molar-refractivity contribution < 1.29 is 0 Å². The van der Waals surface area contributed by atoms with Crippen molar-refractivity contribution in [3.8, 4) is 10.4 Å². The Morgan fingerprint density at radius 3 is 2.67 bits per heavy atom. The third-order valence-corrected chi connectivity index (χ3v) is 4.29.